The summed E-state index contributed by atoms with van der Waals surface area (Å²) in [6, 6.07) is 0. The third kappa shape index (κ3) is 2.65. The van der Waals surface area contributed by atoms with Gasteiger partial charge in [-0.25, -0.2) is 4.68 Å². The fourth-order valence-corrected chi connectivity index (χ4v) is 2.64. The fourth-order valence-electron chi connectivity index (χ4n) is 2.52. The molecule has 1 fully saturated rings. The van der Waals surface area contributed by atoms with Gasteiger partial charge in [0.15, 0.2) is 0 Å². The van der Waals surface area contributed by atoms with E-state index in [4.69, 9.17) is 17.3 Å². The molecule has 112 valence electrons. The minimum Gasteiger partial charge on any atom is -0.368 e. The van der Waals surface area contributed by atoms with Crippen LogP contribution in [0.3, 0.4) is 0 Å². The van der Waals surface area contributed by atoms with Gasteiger partial charge in [0.25, 0.3) is 5.95 Å². The van der Waals surface area contributed by atoms with Crippen molar-refractivity contribution in [2.45, 2.75) is 33.1 Å². The Hall–Kier alpha value is -1.89. The molecule has 0 unspecified atom stereocenters. The van der Waals surface area contributed by atoms with Crippen molar-refractivity contribution in [1.82, 2.24) is 24.7 Å². The Morgan fingerprint density at radius 3 is 2.29 bits per heavy atom. The van der Waals surface area contributed by atoms with Crippen LogP contribution < -0.4 is 10.6 Å². The zero-order valence-electron chi connectivity index (χ0n) is 12.2. The lowest BCUT2D eigenvalue weighted by Crippen LogP contribution is -2.31. The van der Waals surface area contributed by atoms with Gasteiger partial charge >= 0.3 is 0 Å². The Morgan fingerprint density at radius 2 is 1.67 bits per heavy atom. The van der Waals surface area contributed by atoms with Crippen molar-refractivity contribution >= 4 is 23.5 Å². The molecule has 0 bridgehead atoms. The summed E-state index contributed by atoms with van der Waals surface area (Å²) in [7, 11) is 0. The summed E-state index contributed by atoms with van der Waals surface area (Å²) < 4.78 is 1.61. The second-order valence-corrected chi connectivity index (χ2v) is 5.62. The average molecular weight is 308 g/mol. The first-order valence-electron chi connectivity index (χ1n) is 7.05. The minimum atomic E-state index is 0.198. The zero-order chi connectivity index (χ0) is 15.0. The number of hydrogen-bond acceptors (Lipinski definition) is 6. The number of aryl methyl sites for hydroxylation is 1. The summed E-state index contributed by atoms with van der Waals surface area (Å²) >= 11 is 6.18. The molecule has 1 aliphatic rings. The lowest BCUT2D eigenvalue weighted by atomic mass is 10.1. The van der Waals surface area contributed by atoms with Crippen LogP contribution in [0, 0.1) is 13.8 Å². The van der Waals surface area contributed by atoms with Crippen LogP contribution in [-0.2, 0) is 0 Å². The molecule has 2 aromatic rings. The maximum atomic E-state index is 6.18. The van der Waals surface area contributed by atoms with Crippen LogP contribution in [-0.4, -0.2) is 37.8 Å². The molecule has 0 aromatic carbocycles. The van der Waals surface area contributed by atoms with E-state index < -0.39 is 0 Å². The third-order valence-corrected chi connectivity index (χ3v) is 4.21. The molecular weight excluding hydrogens is 290 g/mol. The van der Waals surface area contributed by atoms with Crippen LogP contribution in [0.15, 0.2) is 0 Å². The second kappa shape index (κ2) is 5.48. The van der Waals surface area contributed by atoms with Gasteiger partial charge < -0.3 is 10.6 Å². The quantitative estimate of drug-likeness (QED) is 0.912. The Morgan fingerprint density at radius 1 is 1.00 bits per heavy atom. The van der Waals surface area contributed by atoms with E-state index in [1.807, 2.05) is 13.8 Å². The molecule has 0 aliphatic carbocycles. The summed E-state index contributed by atoms with van der Waals surface area (Å²) in [6.45, 7) is 5.62. The molecule has 0 saturated carbocycles. The first kappa shape index (κ1) is 14.1. The number of nitrogens with two attached hydrogens (primary N) is 1. The van der Waals surface area contributed by atoms with Gasteiger partial charge in [-0.05, 0) is 33.1 Å². The highest BCUT2D eigenvalue weighted by Gasteiger charge is 2.18. The van der Waals surface area contributed by atoms with E-state index in [2.05, 4.69) is 25.0 Å². The van der Waals surface area contributed by atoms with Gasteiger partial charge in [0.05, 0.1) is 16.4 Å². The van der Waals surface area contributed by atoms with Gasteiger partial charge in [-0.3, -0.25) is 0 Å². The normalized spacial score (nSPS) is 15.5. The predicted octanol–water partition coefficient (Wildman–Crippen LogP) is 1.90. The maximum absolute atomic E-state index is 6.18. The van der Waals surface area contributed by atoms with Crippen molar-refractivity contribution in [3.05, 3.63) is 16.4 Å². The zero-order valence-corrected chi connectivity index (χ0v) is 12.9. The molecule has 0 atom stereocenters. The van der Waals surface area contributed by atoms with Crippen LogP contribution in [0.4, 0.5) is 11.9 Å². The minimum absolute atomic E-state index is 0.198. The first-order chi connectivity index (χ1) is 10.1. The molecule has 0 spiro atoms. The van der Waals surface area contributed by atoms with E-state index in [0.717, 1.165) is 37.3 Å². The number of rotatable bonds is 2. The number of aromatic nitrogens is 5. The van der Waals surface area contributed by atoms with Gasteiger partial charge in [-0.15, -0.1) is 0 Å². The third-order valence-electron chi connectivity index (χ3n) is 3.66. The summed E-state index contributed by atoms with van der Waals surface area (Å²) in [4.78, 5) is 15.1. The van der Waals surface area contributed by atoms with Crippen LogP contribution in [0.5, 0.6) is 0 Å². The number of piperidine rings is 1. The van der Waals surface area contributed by atoms with E-state index in [-0.39, 0.29) is 5.95 Å². The highest BCUT2D eigenvalue weighted by Crippen LogP contribution is 2.22. The predicted molar refractivity (Wildman–Crippen MR) is 81.9 cm³/mol. The molecule has 1 saturated heterocycles. The van der Waals surface area contributed by atoms with Crippen LogP contribution in [0.2, 0.25) is 5.02 Å². The van der Waals surface area contributed by atoms with Gasteiger partial charge in [-0.2, -0.15) is 20.1 Å². The van der Waals surface area contributed by atoms with E-state index >= 15 is 0 Å². The van der Waals surface area contributed by atoms with Crippen molar-refractivity contribution < 1.29 is 0 Å². The molecule has 8 heteroatoms. The Balaban J connectivity index is 2.02. The molecular formula is C13H18ClN7. The van der Waals surface area contributed by atoms with Gasteiger partial charge in [-0.1, -0.05) is 11.6 Å². The molecule has 1 aliphatic heterocycles. The molecule has 0 radical (unpaired) electrons. The lowest BCUT2D eigenvalue weighted by Gasteiger charge is -2.26. The van der Waals surface area contributed by atoms with Crippen LogP contribution in [0.25, 0.3) is 5.95 Å². The summed E-state index contributed by atoms with van der Waals surface area (Å²) in [5.74, 6) is 1.22. The molecule has 3 rings (SSSR count). The van der Waals surface area contributed by atoms with E-state index in [1.54, 1.807) is 4.68 Å². The number of nitrogen functional groups attached to an aromatic ring is 1. The number of hydrogen-bond donors (Lipinski definition) is 1. The van der Waals surface area contributed by atoms with Gasteiger partial charge in [0.1, 0.15) is 0 Å². The Bertz CT molecular complexity index is 661. The van der Waals surface area contributed by atoms with Gasteiger partial charge in [0, 0.05) is 13.1 Å². The smallest absolute Gasteiger partial charge is 0.257 e. The summed E-state index contributed by atoms with van der Waals surface area (Å²) in [6.07, 6.45) is 3.54. The van der Waals surface area contributed by atoms with Crippen molar-refractivity contribution in [2.24, 2.45) is 0 Å². The van der Waals surface area contributed by atoms with Crippen molar-refractivity contribution in [3.63, 3.8) is 0 Å². The molecule has 2 aromatic heterocycles. The fraction of sp³-hybridized carbons (Fsp3) is 0.538. The molecule has 2 N–H and O–H groups in total. The Kier molecular flexibility index (Phi) is 3.67. The largest absolute Gasteiger partial charge is 0.368 e. The molecule has 7 nitrogen and oxygen atoms in total. The summed E-state index contributed by atoms with van der Waals surface area (Å²) in [5, 5.41) is 4.98. The average Bonchev–Trinajstić information content (AvgIpc) is 2.75. The number of halogens is 1. The van der Waals surface area contributed by atoms with Gasteiger partial charge in [0.2, 0.25) is 11.9 Å². The molecule has 3 heterocycles. The first-order valence-corrected chi connectivity index (χ1v) is 7.42. The molecule has 21 heavy (non-hydrogen) atoms. The summed E-state index contributed by atoms with van der Waals surface area (Å²) in [5.41, 5.74) is 7.37. The van der Waals surface area contributed by atoms with E-state index in [1.165, 1.54) is 6.42 Å². The topological polar surface area (TPSA) is 85.8 Å². The van der Waals surface area contributed by atoms with Crippen molar-refractivity contribution in [3.8, 4) is 5.95 Å². The van der Waals surface area contributed by atoms with Crippen LogP contribution in [0.1, 0.15) is 30.7 Å². The van der Waals surface area contributed by atoms with Crippen molar-refractivity contribution in [2.75, 3.05) is 23.7 Å². The maximum Gasteiger partial charge on any atom is 0.257 e. The van der Waals surface area contributed by atoms with Crippen molar-refractivity contribution in [1.29, 1.82) is 0 Å². The lowest BCUT2D eigenvalue weighted by molar-refractivity contribution is 0.566. The highest BCUT2D eigenvalue weighted by molar-refractivity contribution is 6.31. The highest BCUT2D eigenvalue weighted by atomic mass is 35.5. The van der Waals surface area contributed by atoms with E-state index in [0.29, 0.717) is 16.9 Å². The Labute approximate surface area is 128 Å². The van der Waals surface area contributed by atoms with E-state index in [9.17, 15) is 0 Å². The second-order valence-electron chi connectivity index (χ2n) is 5.24. The standard InChI is InChI=1S/C13H18ClN7/c1-8-10(14)9(2)21(19-8)13-17-11(15)16-12(18-13)20-6-4-3-5-7-20/h3-7H2,1-2H3,(H2,15,16,17,18). The number of nitrogens with zero attached hydrogens (tertiary/aromatic N) is 6. The molecule has 0 amide bonds. The number of anilines is 2. The SMILES string of the molecule is Cc1nn(-c2nc(N)nc(N3CCCCC3)n2)c(C)c1Cl. The van der Waals surface area contributed by atoms with Crippen LogP contribution >= 0.6 is 11.6 Å². The monoisotopic (exact) mass is 307 g/mol.